The molecule has 0 fully saturated rings. The predicted molar refractivity (Wildman–Crippen MR) is 59.1 cm³/mol. The van der Waals surface area contributed by atoms with Gasteiger partial charge in [0, 0.05) is 18.8 Å². The molecule has 1 aromatic rings. The number of hydrogen-bond acceptors (Lipinski definition) is 4. The van der Waals surface area contributed by atoms with Gasteiger partial charge in [-0.2, -0.15) is 0 Å². The summed E-state index contributed by atoms with van der Waals surface area (Å²) in [4.78, 5) is 15.4. The highest BCUT2D eigenvalue weighted by Gasteiger charge is 2.14. The number of aromatic hydroxyl groups is 1. The third kappa shape index (κ3) is 3.20. The summed E-state index contributed by atoms with van der Waals surface area (Å²) < 4.78 is 0. The van der Waals surface area contributed by atoms with Gasteiger partial charge < -0.3 is 15.5 Å². The molecule has 3 N–H and O–H groups in total. The maximum Gasteiger partial charge on any atom is 0.255 e. The smallest absolute Gasteiger partial charge is 0.255 e. The molecule has 88 valence electrons. The Morgan fingerprint density at radius 2 is 2.38 bits per heavy atom. The van der Waals surface area contributed by atoms with Crippen LogP contribution in [0.15, 0.2) is 18.5 Å². The second-order valence-corrected chi connectivity index (χ2v) is 3.48. The van der Waals surface area contributed by atoms with Crippen molar-refractivity contribution in [2.45, 2.75) is 25.8 Å². The van der Waals surface area contributed by atoms with Crippen molar-refractivity contribution in [3.05, 3.63) is 24.0 Å². The summed E-state index contributed by atoms with van der Waals surface area (Å²) in [6, 6.07) is 1.38. The fraction of sp³-hybridized carbons (Fsp3) is 0.455. The molecule has 0 radical (unpaired) electrons. The van der Waals surface area contributed by atoms with Crippen LogP contribution >= 0.6 is 0 Å². The monoisotopic (exact) mass is 224 g/mol. The largest absolute Gasteiger partial charge is 0.505 e. The molecule has 0 aromatic carbocycles. The third-order valence-electron chi connectivity index (χ3n) is 2.35. The van der Waals surface area contributed by atoms with E-state index in [4.69, 9.17) is 5.11 Å². The summed E-state index contributed by atoms with van der Waals surface area (Å²) in [6.07, 6.45) is 3.91. The summed E-state index contributed by atoms with van der Waals surface area (Å²) in [6.45, 7) is 1.95. The van der Waals surface area contributed by atoms with E-state index >= 15 is 0 Å². The van der Waals surface area contributed by atoms with Crippen molar-refractivity contribution < 1.29 is 15.0 Å². The Morgan fingerprint density at radius 3 is 2.94 bits per heavy atom. The second kappa shape index (κ2) is 6.07. The number of rotatable bonds is 5. The second-order valence-electron chi connectivity index (χ2n) is 3.48. The van der Waals surface area contributed by atoms with Crippen molar-refractivity contribution in [2.24, 2.45) is 0 Å². The van der Waals surface area contributed by atoms with Gasteiger partial charge in [-0.1, -0.05) is 6.92 Å². The Morgan fingerprint density at radius 1 is 1.62 bits per heavy atom. The van der Waals surface area contributed by atoms with E-state index in [2.05, 4.69) is 10.3 Å². The van der Waals surface area contributed by atoms with Gasteiger partial charge in [-0.3, -0.25) is 9.78 Å². The van der Waals surface area contributed by atoms with Crippen LogP contribution in [0, 0.1) is 0 Å². The van der Waals surface area contributed by atoms with E-state index in [1.165, 1.54) is 18.5 Å². The number of nitrogens with one attached hydrogen (secondary N) is 1. The first-order valence-corrected chi connectivity index (χ1v) is 5.23. The first kappa shape index (κ1) is 12.4. The molecule has 0 aliphatic rings. The molecule has 1 aromatic heterocycles. The Bertz CT molecular complexity index is 355. The SMILES string of the molecule is CCC(CCO)NC(=O)c1ccncc1O. The van der Waals surface area contributed by atoms with Gasteiger partial charge in [-0.15, -0.1) is 0 Å². The van der Waals surface area contributed by atoms with Crippen LogP contribution in [0.4, 0.5) is 0 Å². The number of nitrogens with zero attached hydrogens (tertiary/aromatic N) is 1. The lowest BCUT2D eigenvalue weighted by Crippen LogP contribution is -2.35. The average molecular weight is 224 g/mol. The number of carbonyl (C=O) groups excluding carboxylic acids is 1. The Kier molecular flexibility index (Phi) is 4.72. The van der Waals surface area contributed by atoms with Crippen LogP contribution in [0.5, 0.6) is 5.75 Å². The topological polar surface area (TPSA) is 82.5 Å². The summed E-state index contributed by atoms with van der Waals surface area (Å²) in [5.74, 6) is -0.487. The molecule has 1 rings (SSSR count). The Balaban J connectivity index is 2.68. The van der Waals surface area contributed by atoms with Crippen LogP contribution in [-0.4, -0.2) is 33.8 Å². The van der Waals surface area contributed by atoms with Crippen LogP contribution < -0.4 is 5.32 Å². The van der Waals surface area contributed by atoms with E-state index < -0.39 is 0 Å². The zero-order valence-corrected chi connectivity index (χ0v) is 9.18. The Hall–Kier alpha value is -1.62. The highest BCUT2D eigenvalue weighted by atomic mass is 16.3. The van der Waals surface area contributed by atoms with Gasteiger partial charge in [-0.25, -0.2) is 0 Å². The van der Waals surface area contributed by atoms with Gasteiger partial charge >= 0.3 is 0 Å². The molecular formula is C11H16N2O3. The van der Waals surface area contributed by atoms with Crippen molar-refractivity contribution in [3.63, 3.8) is 0 Å². The van der Waals surface area contributed by atoms with E-state index in [9.17, 15) is 9.90 Å². The minimum absolute atomic E-state index is 0.0289. The molecule has 5 heteroatoms. The summed E-state index contributed by atoms with van der Waals surface area (Å²) >= 11 is 0. The Labute approximate surface area is 94.1 Å². The van der Waals surface area contributed by atoms with E-state index in [1.807, 2.05) is 6.92 Å². The van der Waals surface area contributed by atoms with Crippen molar-refractivity contribution >= 4 is 5.91 Å². The van der Waals surface area contributed by atoms with Gasteiger partial charge in [0.25, 0.3) is 5.91 Å². The van der Waals surface area contributed by atoms with Crippen LogP contribution in [-0.2, 0) is 0 Å². The molecule has 0 aliphatic heterocycles. The van der Waals surface area contributed by atoms with Gasteiger partial charge in [0.05, 0.1) is 11.8 Å². The minimum atomic E-state index is -0.347. The number of aromatic nitrogens is 1. The van der Waals surface area contributed by atoms with Crippen LogP contribution in [0.2, 0.25) is 0 Å². The zero-order valence-electron chi connectivity index (χ0n) is 9.18. The van der Waals surface area contributed by atoms with Gasteiger partial charge in [0.15, 0.2) is 0 Å². The lowest BCUT2D eigenvalue weighted by atomic mass is 10.1. The molecule has 1 unspecified atom stereocenters. The van der Waals surface area contributed by atoms with Crippen LogP contribution in [0.3, 0.4) is 0 Å². The molecule has 1 atom stereocenters. The van der Waals surface area contributed by atoms with Crippen molar-refractivity contribution in [2.75, 3.05) is 6.61 Å². The van der Waals surface area contributed by atoms with E-state index in [-0.39, 0.29) is 29.9 Å². The quantitative estimate of drug-likeness (QED) is 0.686. The summed E-state index contributed by atoms with van der Waals surface area (Å²) in [7, 11) is 0. The third-order valence-corrected chi connectivity index (χ3v) is 2.35. The van der Waals surface area contributed by atoms with E-state index in [0.29, 0.717) is 6.42 Å². The van der Waals surface area contributed by atoms with E-state index in [1.54, 1.807) is 0 Å². The normalized spacial score (nSPS) is 12.1. The van der Waals surface area contributed by atoms with Crippen LogP contribution in [0.1, 0.15) is 30.1 Å². The molecule has 0 bridgehead atoms. The number of amides is 1. The molecule has 0 saturated heterocycles. The molecule has 1 amide bonds. The molecule has 16 heavy (non-hydrogen) atoms. The van der Waals surface area contributed by atoms with Crippen molar-refractivity contribution in [3.8, 4) is 5.75 Å². The molecule has 1 heterocycles. The fourth-order valence-corrected chi connectivity index (χ4v) is 1.38. The molecular weight excluding hydrogens is 208 g/mol. The maximum atomic E-state index is 11.7. The first-order chi connectivity index (χ1) is 7.69. The van der Waals surface area contributed by atoms with Gasteiger partial charge in [0.1, 0.15) is 5.75 Å². The summed E-state index contributed by atoms with van der Waals surface area (Å²) in [5.41, 5.74) is 0.200. The molecule has 5 nitrogen and oxygen atoms in total. The van der Waals surface area contributed by atoms with Crippen molar-refractivity contribution in [1.29, 1.82) is 0 Å². The minimum Gasteiger partial charge on any atom is -0.505 e. The highest BCUT2D eigenvalue weighted by molar-refractivity contribution is 5.96. The molecule has 0 spiro atoms. The van der Waals surface area contributed by atoms with Crippen molar-refractivity contribution in [1.82, 2.24) is 10.3 Å². The van der Waals surface area contributed by atoms with Crippen LogP contribution in [0.25, 0.3) is 0 Å². The molecule has 0 aliphatic carbocycles. The number of aliphatic hydroxyl groups excluding tert-OH is 1. The zero-order chi connectivity index (χ0) is 12.0. The number of carbonyl (C=O) groups is 1. The summed E-state index contributed by atoms with van der Waals surface area (Å²) in [5, 5.41) is 21.0. The number of hydrogen-bond donors (Lipinski definition) is 3. The highest BCUT2D eigenvalue weighted by Crippen LogP contribution is 2.14. The predicted octanol–water partition coefficient (Wildman–Crippen LogP) is 0.678. The lowest BCUT2D eigenvalue weighted by Gasteiger charge is -2.15. The number of aliphatic hydroxyl groups is 1. The molecule has 0 saturated carbocycles. The van der Waals surface area contributed by atoms with Gasteiger partial charge in [0.2, 0.25) is 0 Å². The first-order valence-electron chi connectivity index (χ1n) is 5.23. The maximum absolute atomic E-state index is 11.7. The standard InChI is InChI=1S/C11H16N2O3/c1-2-8(4-6-14)13-11(16)9-3-5-12-7-10(9)15/h3,5,7-8,14-15H,2,4,6H2,1H3,(H,13,16). The van der Waals surface area contributed by atoms with E-state index in [0.717, 1.165) is 6.42 Å². The number of pyridine rings is 1. The fourth-order valence-electron chi connectivity index (χ4n) is 1.38. The average Bonchev–Trinajstić information content (AvgIpc) is 2.28. The van der Waals surface area contributed by atoms with Gasteiger partial charge in [-0.05, 0) is 18.9 Å². The lowest BCUT2D eigenvalue weighted by molar-refractivity contribution is 0.0926.